The molecule has 0 saturated carbocycles. The molecule has 0 bridgehead atoms. The van der Waals surface area contributed by atoms with Crippen molar-refractivity contribution in [2.45, 2.75) is 6.92 Å². The predicted octanol–water partition coefficient (Wildman–Crippen LogP) is 5.04. The number of hydrogen-bond donors (Lipinski definition) is 0. The molecule has 4 rings (SSSR count). The Kier molecular flexibility index (Phi) is 5.35. The number of fused-ring (bicyclic) bond motifs is 1. The Bertz CT molecular complexity index is 1250. The monoisotopic (exact) mass is 400 g/mol. The van der Waals surface area contributed by atoms with Gasteiger partial charge in [0.05, 0.1) is 12.5 Å². The summed E-state index contributed by atoms with van der Waals surface area (Å²) in [5.41, 5.74) is 2.95. The summed E-state index contributed by atoms with van der Waals surface area (Å²) in [6.45, 7) is 1.74. The van der Waals surface area contributed by atoms with Gasteiger partial charge in [-0.1, -0.05) is 30.3 Å². The van der Waals surface area contributed by atoms with Crippen LogP contribution in [0.25, 0.3) is 22.1 Å². The Labute approximate surface area is 173 Å². The van der Waals surface area contributed by atoms with Gasteiger partial charge in [0, 0.05) is 17.2 Å². The minimum Gasteiger partial charge on any atom is -0.497 e. The molecule has 0 radical (unpaired) electrons. The summed E-state index contributed by atoms with van der Waals surface area (Å²) in [5.74, 6) is 1.01. The Morgan fingerprint density at radius 3 is 2.40 bits per heavy atom. The first kappa shape index (κ1) is 19.5. The molecule has 0 fully saturated rings. The first-order valence-electron chi connectivity index (χ1n) is 9.49. The molecule has 150 valence electrons. The van der Waals surface area contributed by atoms with E-state index in [2.05, 4.69) is 0 Å². The summed E-state index contributed by atoms with van der Waals surface area (Å²) in [6, 6.07) is 21.5. The fraction of sp³-hybridized carbons (Fsp3) is 0.120. The SMILES string of the molecule is COc1ccc(C(=O)COc2cc(C)cc3oc(=O)cc(-c4ccccc4)c23)cc1. The van der Waals surface area contributed by atoms with Crippen molar-refractivity contribution in [3.8, 4) is 22.6 Å². The van der Waals surface area contributed by atoms with E-state index < -0.39 is 5.63 Å². The lowest BCUT2D eigenvalue weighted by Crippen LogP contribution is -2.12. The van der Waals surface area contributed by atoms with Gasteiger partial charge in [-0.25, -0.2) is 4.79 Å². The zero-order valence-electron chi connectivity index (χ0n) is 16.7. The molecule has 0 spiro atoms. The highest BCUT2D eigenvalue weighted by Crippen LogP contribution is 2.35. The number of hydrogen-bond acceptors (Lipinski definition) is 5. The Hall–Kier alpha value is -3.86. The van der Waals surface area contributed by atoms with E-state index in [1.54, 1.807) is 37.4 Å². The van der Waals surface area contributed by atoms with Gasteiger partial charge in [0.1, 0.15) is 17.1 Å². The molecule has 0 N–H and O–H groups in total. The van der Waals surface area contributed by atoms with Gasteiger partial charge in [0.15, 0.2) is 12.4 Å². The quantitative estimate of drug-likeness (QED) is 0.335. The third kappa shape index (κ3) is 3.96. The van der Waals surface area contributed by atoms with Crippen molar-refractivity contribution >= 4 is 16.8 Å². The fourth-order valence-corrected chi connectivity index (χ4v) is 3.36. The molecule has 5 nitrogen and oxygen atoms in total. The number of carbonyl (C=O) groups excluding carboxylic acids is 1. The van der Waals surface area contributed by atoms with Crippen molar-refractivity contribution in [1.29, 1.82) is 0 Å². The van der Waals surface area contributed by atoms with Crippen LogP contribution in [0.1, 0.15) is 15.9 Å². The summed E-state index contributed by atoms with van der Waals surface area (Å²) in [7, 11) is 1.57. The van der Waals surface area contributed by atoms with Crippen molar-refractivity contribution in [2.75, 3.05) is 13.7 Å². The number of methoxy groups -OCH3 is 1. The second-order valence-electron chi connectivity index (χ2n) is 6.92. The molecular weight excluding hydrogens is 380 g/mol. The topological polar surface area (TPSA) is 65.7 Å². The number of ether oxygens (including phenoxy) is 2. The highest BCUT2D eigenvalue weighted by atomic mass is 16.5. The Morgan fingerprint density at radius 2 is 1.70 bits per heavy atom. The molecule has 0 aliphatic carbocycles. The Balaban J connectivity index is 1.73. The number of aryl methyl sites for hydroxylation is 1. The van der Waals surface area contributed by atoms with Crippen LogP contribution in [0.15, 0.2) is 82.0 Å². The third-order valence-electron chi connectivity index (χ3n) is 4.81. The molecule has 5 heteroatoms. The Morgan fingerprint density at radius 1 is 0.967 bits per heavy atom. The minimum atomic E-state index is -0.438. The number of rotatable bonds is 6. The van der Waals surface area contributed by atoms with E-state index in [0.29, 0.717) is 33.6 Å². The summed E-state index contributed by atoms with van der Waals surface area (Å²) in [5, 5.41) is 0.661. The molecule has 0 atom stereocenters. The lowest BCUT2D eigenvalue weighted by atomic mass is 10.0. The van der Waals surface area contributed by atoms with Gasteiger partial charge in [-0.2, -0.15) is 0 Å². The highest BCUT2D eigenvalue weighted by molar-refractivity contribution is 6.00. The lowest BCUT2D eigenvalue weighted by Gasteiger charge is -2.13. The molecule has 1 aromatic heterocycles. The van der Waals surface area contributed by atoms with Gasteiger partial charge < -0.3 is 13.9 Å². The zero-order valence-corrected chi connectivity index (χ0v) is 16.7. The summed E-state index contributed by atoms with van der Waals surface area (Å²) >= 11 is 0. The van der Waals surface area contributed by atoms with E-state index >= 15 is 0 Å². The molecule has 0 aliphatic rings. The van der Waals surface area contributed by atoms with Crippen LogP contribution in [0, 0.1) is 6.92 Å². The first-order valence-corrected chi connectivity index (χ1v) is 9.49. The zero-order chi connectivity index (χ0) is 21.1. The van der Waals surface area contributed by atoms with Gasteiger partial charge in [0.25, 0.3) is 0 Å². The molecule has 0 amide bonds. The fourth-order valence-electron chi connectivity index (χ4n) is 3.36. The second kappa shape index (κ2) is 8.25. The van der Waals surface area contributed by atoms with Crippen molar-refractivity contribution in [3.63, 3.8) is 0 Å². The van der Waals surface area contributed by atoms with Gasteiger partial charge in [-0.15, -0.1) is 0 Å². The third-order valence-corrected chi connectivity index (χ3v) is 4.81. The van der Waals surface area contributed by atoms with E-state index in [9.17, 15) is 9.59 Å². The van der Waals surface area contributed by atoms with Crippen molar-refractivity contribution in [1.82, 2.24) is 0 Å². The van der Waals surface area contributed by atoms with Crippen molar-refractivity contribution in [2.24, 2.45) is 0 Å². The standard InChI is InChI=1S/C25H20O5/c1-16-12-22(29-15-21(26)18-8-10-19(28-2)11-9-18)25-20(17-6-4-3-5-7-17)14-24(27)30-23(25)13-16/h3-14H,15H2,1-2H3. The van der Waals surface area contributed by atoms with Crippen LogP contribution < -0.4 is 15.1 Å². The van der Waals surface area contributed by atoms with Gasteiger partial charge in [-0.3, -0.25) is 4.79 Å². The molecular formula is C25H20O5. The summed E-state index contributed by atoms with van der Waals surface area (Å²) in [4.78, 5) is 24.7. The van der Waals surface area contributed by atoms with E-state index in [4.69, 9.17) is 13.9 Å². The number of ketones is 1. The van der Waals surface area contributed by atoms with Crippen LogP contribution in [0.5, 0.6) is 11.5 Å². The molecule has 0 aliphatic heterocycles. The van der Waals surface area contributed by atoms with Gasteiger partial charge >= 0.3 is 5.63 Å². The smallest absolute Gasteiger partial charge is 0.336 e. The van der Waals surface area contributed by atoms with E-state index in [0.717, 1.165) is 11.1 Å². The van der Waals surface area contributed by atoms with E-state index in [-0.39, 0.29) is 12.4 Å². The summed E-state index contributed by atoms with van der Waals surface area (Å²) in [6.07, 6.45) is 0. The molecule has 4 aromatic rings. The van der Waals surface area contributed by atoms with Crippen molar-refractivity contribution in [3.05, 3.63) is 94.3 Å². The van der Waals surface area contributed by atoms with Crippen molar-refractivity contribution < 1.29 is 18.7 Å². The van der Waals surface area contributed by atoms with E-state index in [1.807, 2.05) is 43.3 Å². The number of Topliss-reactive ketones (excluding diaryl/α,β-unsaturated/α-hetero) is 1. The second-order valence-corrected chi connectivity index (χ2v) is 6.92. The van der Waals surface area contributed by atoms with Crippen LogP contribution in [0.2, 0.25) is 0 Å². The first-order chi connectivity index (χ1) is 14.5. The predicted molar refractivity (Wildman–Crippen MR) is 115 cm³/mol. The molecule has 1 heterocycles. The largest absolute Gasteiger partial charge is 0.497 e. The van der Waals surface area contributed by atoms with Crippen LogP contribution in [0.3, 0.4) is 0 Å². The molecule has 0 unspecified atom stereocenters. The van der Waals surface area contributed by atoms with Crippen LogP contribution >= 0.6 is 0 Å². The number of carbonyl (C=O) groups is 1. The van der Waals surface area contributed by atoms with Crippen LogP contribution in [0.4, 0.5) is 0 Å². The van der Waals surface area contributed by atoms with Gasteiger partial charge in [-0.05, 0) is 54.4 Å². The minimum absolute atomic E-state index is 0.141. The maximum Gasteiger partial charge on any atom is 0.336 e. The van der Waals surface area contributed by atoms with Crippen LogP contribution in [-0.2, 0) is 0 Å². The van der Waals surface area contributed by atoms with Gasteiger partial charge in [0.2, 0.25) is 0 Å². The average molecular weight is 400 g/mol. The van der Waals surface area contributed by atoms with Crippen LogP contribution in [-0.4, -0.2) is 19.5 Å². The lowest BCUT2D eigenvalue weighted by molar-refractivity contribution is 0.0922. The molecule has 30 heavy (non-hydrogen) atoms. The maximum atomic E-state index is 12.6. The average Bonchev–Trinajstić information content (AvgIpc) is 2.77. The number of benzene rings is 3. The highest BCUT2D eigenvalue weighted by Gasteiger charge is 2.16. The molecule has 3 aromatic carbocycles. The molecule has 0 saturated heterocycles. The summed E-state index contributed by atoms with van der Waals surface area (Å²) < 4.78 is 16.5. The maximum absolute atomic E-state index is 12.6. The normalized spacial score (nSPS) is 10.7. The van der Waals surface area contributed by atoms with E-state index in [1.165, 1.54) is 6.07 Å².